The quantitative estimate of drug-likeness (QED) is 0.746. The van der Waals surface area contributed by atoms with Gasteiger partial charge >= 0.3 is 0 Å². The van der Waals surface area contributed by atoms with E-state index in [2.05, 4.69) is 15.3 Å². The molecule has 5 nitrogen and oxygen atoms in total. The van der Waals surface area contributed by atoms with E-state index >= 15 is 0 Å². The molecular weight excluding hydrogens is 194 g/mol. The highest BCUT2D eigenvalue weighted by Gasteiger charge is 2.22. The molecule has 1 aromatic heterocycles. The zero-order valence-corrected chi connectivity index (χ0v) is 8.53. The monoisotopic (exact) mass is 209 g/mol. The van der Waals surface area contributed by atoms with Crippen LogP contribution >= 0.6 is 0 Å². The van der Waals surface area contributed by atoms with Gasteiger partial charge in [0, 0.05) is 31.5 Å². The fourth-order valence-electron chi connectivity index (χ4n) is 1.64. The Kier molecular flexibility index (Phi) is 3.34. The van der Waals surface area contributed by atoms with Gasteiger partial charge in [-0.3, -0.25) is 4.79 Å². The van der Waals surface area contributed by atoms with Crippen LogP contribution in [0.5, 0.6) is 0 Å². The van der Waals surface area contributed by atoms with Gasteiger partial charge in [-0.1, -0.05) is 0 Å². The number of carbonyl (C=O) groups is 1. The Labute approximate surface area is 88.2 Å². The molecule has 0 aromatic carbocycles. The van der Waals surface area contributed by atoms with Crippen molar-refractivity contribution in [1.82, 2.24) is 15.3 Å². The van der Waals surface area contributed by atoms with Crippen LogP contribution < -0.4 is 5.32 Å². The van der Waals surface area contributed by atoms with Gasteiger partial charge in [-0.15, -0.1) is 0 Å². The zero-order chi connectivity index (χ0) is 10.5. The number of hydrogen-bond acceptors (Lipinski definition) is 3. The number of rotatable bonds is 4. The van der Waals surface area contributed by atoms with E-state index in [0.717, 1.165) is 25.0 Å². The highest BCUT2D eigenvalue weighted by atomic mass is 16.5. The number of ether oxygens (including phenoxy) is 1. The van der Waals surface area contributed by atoms with Crippen LogP contribution in [0.3, 0.4) is 0 Å². The summed E-state index contributed by atoms with van der Waals surface area (Å²) in [6.45, 7) is 1.33. The Hall–Kier alpha value is -1.36. The second-order valence-corrected chi connectivity index (χ2v) is 3.62. The average Bonchev–Trinajstić information content (AvgIpc) is 2.90. The Morgan fingerprint density at radius 2 is 2.67 bits per heavy atom. The standard InChI is InChI=1S/C10H15N3O2/c14-10(9-2-1-5-15-9)12-4-3-8-6-11-7-13-8/h6-7,9H,1-5H2,(H,11,13)(H,12,14)/t9-/m0/s1. The maximum atomic E-state index is 11.5. The number of aromatic nitrogens is 2. The summed E-state index contributed by atoms with van der Waals surface area (Å²) in [5, 5.41) is 2.85. The molecule has 0 radical (unpaired) electrons. The van der Waals surface area contributed by atoms with Crippen molar-refractivity contribution < 1.29 is 9.53 Å². The molecule has 1 amide bonds. The third kappa shape index (κ3) is 2.79. The SMILES string of the molecule is O=C(NCCc1cnc[nH]1)[C@@H]1CCCO1. The molecule has 1 saturated heterocycles. The molecule has 1 aliphatic rings. The van der Waals surface area contributed by atoms with Gasteiger partial charge in [0.25, 0.3) is 0 Å². The molecule has 0 unspecified atom stereocenters. The summed E-state index contributed by atoms with van der Waals surface area (Å²) in [5.41, 5.74) is 1.03. The Morgan fingerprint density at radius 1 is 1.73 bits per heavy atom. The zero-order valence-electron chi connectivity index (χ0n) is 8.53. The Bertz CT molecular complexity index is 304. The lowest BCUT2D eigenvalue weighted by molar-refractivity contribution is -0.129. The van der Waals surface area contributed by atoms with E-state index in [1.165, 1.54) is 0 Å². The van der Waals surface area contributed by atoms with E-state index in [-0.39, 0.29) is 12.0 Å². The molecule has 0 spiro atoms. The molecule has 0 aliphatic carbocycles. The van der Waals surface area contributed by atoms with Crippen LogP contribution in [0.4, 0.5) is 0 Å². The molecule has 1 atom stereocenters. The van der Waals surface area contributed by atoms with Crippen molar-refractivity contribution in [1.29, 1.82) is 0 Å². The number of amides is 1. The molecule has 5 heteroatoms. The molecule has 2 rings (SSSR count). The Balaban J connectivity index is 1.67. The predicted molar refractivity (Wildman–Crippen MR) is 54.3 cm³/mol. The summed E-state index contributed by atoms with van der Waals surface area (Å²) < 4.78 is 5.27. The number of imidazole rings is 1. The number of carbonyl (C=O) groups excluding carboxylic acids is 1. The van der Waals surface area contributed by atoms with Gasteiger partial charge in [0.05, 0.1) is 6.33 Å². The maximum absolute atomic E-state index is 11.5. The van der Waals surface area contributed by atoms with Crippen LogP contribution in [-0.4, -0.2) is 35.1 Å². The summed E-state index contributed by atoms with van der Waals surface area (Å²) in [5.74, 6) is 0.00650. The van der Waals surface area contributed by atoms with Gasteiger partial charge < -0.3 is 15.0 Å². The molecule has 1 aliphatic heterocycles. The van der Waals surface area contributed by atoms with E-state index in [1.807, 2.05) is 0 Å². The van der Waals surface area contributed by atoms with Crippen LogP contribution in [0.25, 0.3) is 0 Å². The topological polar surface area (TPSA) is 67.0 Å². The number of aromatic amines is 1. The fraction of sp³-hybridized carbons (Fsp3) is 0.600. The molecule has 0 bridgehead atoms. The molecular formula is C10H15N3O2. The fourth-order valence-corrected chi connectivity index (χ4v) is 1.64. The van der Waals surface area contributed by atoms with Crippen molar-refractivity contribution in [3.63, 3.8) is 0 Å². The molecule has 0 saturated carbocycles. The van der Waals surface area contributed by atoms with Crippen LogP contribution in [0, 0.1) is 0 Å². The molecule has 2 N–H and O–H groups in total. The minimum Gasteiger partial charge on any atom is -0.368 e. The van der Waals surface area contributed by atoms with E-state index in [0.29, 0.717) is 13.2 Å². The minimum absolute atomic E-state index is 0.00650. The van der Waals surface area contributed by atoms with Gasteiger partial charge in [0.1, 0.15) is 6.10 Å². The lowest BCUT2D eigenvalue weighted by Gasteiger charge is -2.09. The van der Waals surface area contributed by atoms with E-state index in [9.17, 15) is 4.79 Å². The highest BCUT2D eigenvalue weighted by molar-refractivity contribution is 5.80. The molecule has 2 heterocycles. The molecule has 15 heavy (non-hydrogen) atoms. The molecule has 1 fully saturated rings. The van der Waals surface area contributed by atoms with Gasteiger partial charge in [0.15, 0.2) is 0 Å². The number of hydrogen-bond donors (Lipinski definition) is 2. The average molecular weight is 209 g/mol. The van der Waals surface area contributed by atoms with Gasteiger partial charge in [0.2, 0.25) is 5.91 Å². The van der Waals surface area contributed by atoms with E-state index in [1.54, 1.807) is 12.5 Å². The Morgan fingerprint density at radius 3 is 3.33 bits per heavy atom. The second-order valence-electron chi connectivity index (χ2n) is 3.62. The first-order valence-electron chi connectivity index (χ1n) is 5.23. The van der Waals surface area contributed by atoms with Gasteiger partial charge in [-0.05, 0) is 12.8 Å². The van der Waals surface area contributed by atoms with Gasteiger partial charge in [-0.2, -0.15) is 0 Å². The highest BCUT2D eigenvalue weighted by Crippen LogP contribution is 2.11. The largest absolute Gasteiger partial charge is 0.368 e. The molecule has 1 aromatic rings. The lowest BCUT2D eigenvalue weighted by Crippen LogP contribution is -2.35. The van der Waals surface area contributed by atoms with E-state index in [4.69, 9.17) is 4.74 Å². The van der Waals surface area contributed by atoms with Crippen molar-refractivity contribution in [2.75, 3.05) is 13.2 Å². The lowest BCUT2D eigenvalue weighted by atomic mass is 10.2. The summed E-state index contributed by atoms with van der Waals surface area (Å²) in [7, 11) is 0. The first kappa shape index (κ1) is 10.2. The summed E-state index contributed by atoms with van der Waals surface area (Å²) in [6, 6.07) is 0. The van der Waals surface area contributed by atoms with Crippen molar-refractivity contribution in [3.8, 4) is 0 Å². The van der Waals surface area contributed by atoms with Crippen LogP contribution in [0.2, 0.25) is 0 Å². The number of H-pyrrole nitrogens is 1. The normalized spacial score (nSPS) is 20.4. The van der Waals surface area contributed by atoms with Crippen LogP contribution in [0.1, 0.15) is 18.5 Å². The van der Waals surface area contributed by atoms with Crippen LogP contribution in [-0.2, 0) is 16.0 Å². The third-order valence-corrected chi connectivity index (χ3v) is 2.47. The van der Waals surface area contributed by atoms with Crippen molar-refractivity contribution >= 4 is 5.91 Å². The van der Waals surface area contributed by atoms with Crippen molar-refractivity contribution in [2.24, 2.45) is 0 Å². The van der Waals surface area contributed by atoms with E-state index < -0.39 is 0 Å². The minimum atomic E-state index is -0.230. The summed E-state index contributed by atoms with van der Waals surface area (Å²) in [6.07, 6.45) is 5.77. The predicted octanol–water partition coefficient (Wildman–Crippen LogP) is 0.247. The van der Waals surface area contributed by atoms with Crippen molar-refractivity contribution in [2.45, 2.75) is 25.4 Å². The van der Waals surface area contributed by atoms with Crippen LogP contribution in [0.15, 0.2) is 12.5 Å². The van der Waals surface area contributed by atoms with Crippen molar-refractivity contribution in [3.05, 3.63) is 18.2 Å². The number of nitrogens with one attached hydrogen (secondary N) is 2. The maximum Gasteiger partial charge on any atom is 0.249 e. The smallest absolute Gasteiger partial charge is 0.249 e. The summed E-state index contributed by atoms with van der Waals surface area (Å²) in [4.78, 5) is 18.4. The second kappa shape index (κ2) is 4.93. The third-order valence-electron chi connectivity index (χ3n) is 2.47. The first-order chi connectivity index (χ1) is 7.36. The van der Waals surface area contributed by atoms with Gasteiger partial charge in [-0.25, -0.2) is 4.98 Å². The summed E-state index contributed by atoms with van der Waals surface area (Å²) >= 11 is 0. The number of nitrogens with zero attached hydrogens (tertiary/aromatic N) is 1. The first-order valence-corrected chi connectivity index (χ1v) is 5.23. The molecule has 82 valence electrons.